The van der Waals surface area contributed by atoms with Gasteiger partial charge in [-0.1, -0.05) is 0 Å². The lowest BCUT2D eigenvalue weighted by atomic mass is 10.2. The molecule has 144 valence electrons. The largest absolute Gasteiger partial charge is 0.447 e. The van der Waals surface area contributed by atoms with Gasteiger partial charge in [0.25, 0.3) is 5.91 Å². The van der Waals surface area contributed by atoms with Gasteiger partial charge in [-0.3, -0.25) is 4.79 Å². The summed E-state index contributed by atoms with van der Waals surface area (Å²) in [5.41, 5.74) is -4.29. The molecule has 0 atom stereocenters. The summed E-state index contributed by atoms with van der Waals surface area (Å²) in [6, 6.07) is 6.74. The highest BCUT2D eigenvalue weighted by molar-refractivity contribution is 8.00. The van der Waals surface area contributed by atoms with Crippen LogP contribution in [0.15, 0.2) is 41.6 Å². The standard InChI is InChI=1S/C17H15F4N3O2S/c18-13-10-11(3-4-14(13)24-6-8-26-9-7-24)23-15(25)12-2-1-5-22-16(12)27-17(19,20)21/h1-5,10H,6-9H2,(H,23,25). The van der Waals surface area contributed by atoms with E-state index in [1.165, 1.54) is 30.5 Å². The van der Waals surface area contributed by atoms with Gasteiger partial charge in [0.15, 0.2) is 0 Å². The van der Waals surface area contributed by atoms with E-state index in [-0.39, 0.29) is 11.3 Å². The van der Waals surface area contributed by atoms with Crippen LogP contribution >= 0.6 is 11.8 Å². The number of nitrogens with one attached hydrogen (secondary N) is 1. The number of rotatable bonds is 4. The van der Waals surface area contributed by atoms with Gasteiger partial charge in [-0.05, 0) is 30.3 Å². The average Bonchev–Trinajstić information content (AvgIpc) is 2.61. The Morgan fingerprint density at radius 1 is 1.22 bits per heavy atom. The van der Waals surface area contributed by atoms with Gasteiger partial charge in [0.05, 0.1) is 24.5 Å². The second-order valence-electron chi connectivity index (χ2n) is 5.62. The van der Waals surface area contributed by atoms with Crippen LogP contribution in [0.3, 0.4) is 0 Å². The Labute approximate surface area is 156 Å². The van der Waals surface area contributed by atoms with E-state index in [0.29, 0.717) is 32.0 Å². The molecule has 2 aromatic rings. The Hall–Kier alpha value is -2.33. The minimum absolute atomic E-state index is 0.140. The van der Waals surface area contributed by atoms with Crippen molar-refractivity contribution in [3.05, 3.63) is 47.9 Å². The summed E-state index contributed by atoms with van der Waals surface area (Å²) in [6.07, 6.45) is 1.17. The molecule has 1 amide bonds. The Balaban J connectivity index is 1.76. The van der Waals surface area contributed by atoms with E-state index in [1.54, 1.807) is 0 Å². The van der Waals surface area contributed by atoms with Gasteiger partial charge in [-0.25, -0.2) is 9.37 Å². The van der Waals surface area contributed by atoms with Gasteiger partial charge >= 0.3 is 5.51 Å². The van der Waals surface area contributed by atoms with E-state index in [2.05, 4.69) is 10.3 Å². The van der Waals surface area contributed by atoms with Crippen molar-refractivity contribution in [3.8, 4) is 0 Å². The molecule has 5 nitrogen and oxygen atoms in total. The first-order valence-corrected chi connectivity index (χ1v) is 8.79. The Bertz CT molecular complexity index is 826. The van der Waals surface area contributed by atoms with Crippen LogP contribution in [0.2, 0.25) is 0 Å². The maximum absolute atomic E-state index is 14.4. The van der Waals surface area contributed by atoms with Crippen molar-refractivity contribution in [2.75, 3.05) is 36.5 Å². The molecule has 3 rings (SSSR count). The molecule has 0 spiro atoms. The first kappa shape index (κ1) is 19.4. The normalized spacial score (nSPS) is 14.9. The minimum atomic E-state index is -4.57. The summed E-state index contributed by atoms with van der Waals surface area (Å²) in [4.78, 5) is 17.8. The zero-order valence-corrected chi connectivity index (χ0v) is 14.7. The summed E-state index contributed by atoms with van der Waals surface area (Å²) in [5, 5.41) is 1.95. The molecular formula is C17H15F4N3O2S. The molecule has 0 aliphatic carbocycles. The average molecular weight is 401 g/mol. The first-order chi connectivity index (χ1) is 12.8. The van der Waals surface area contributed by atoms with Crippen LogP contribution in [0, 0.1) is 5.82 Å². The van der Waals surface area contributed by atoms with Crippen molar-refractivity contribution in [1.82, 2.24) is 4.98 Å². The molecule has 1 aromatic heterocycles. The van der Waals surface area contributed by atoms with Gasteiger partial charge in [0, 0.05) is 36.7 Å². The maximum Gasteiger partial charge on any atom is 0.447 e. The van der Waals surface area contributed by atoms with E-state index in [4.69, 9.17) is 4.74 Å². The lowest BCUT2D eigenvalue weighted by Gasteiger charge is -2.29. The minimum Gasteiger partial charge on any atom is -0.378 e. The fourth-order valence-corrected chi connectivity index (χ4v) is 3.20. The number of alkyl halides is 3. The summed E-state index contributed by atoms with van der Waals surface area (Å²) < 4.78 is 57.5. The van der Waals surface area contributed by atoms with Crippen LogP contribution in [-0.4, -0.2) is 42.7 Å². The van der Waals surface area contributed by atoms with E-state index in [9.17, 15) is 22.4 Å². The van der Waals surface area contributed by atoms with Gasteiger partial charge < -0.3 is 15.0 Å². The van der Waals surface area contributed by atoms with Crippen LogP contribution in [0.25, 0.3) is 0 Å². The predicted octanol–water partition coefficient (Wildman–Crippen LogP) is 3.92. The van der Waals surface area contributed by atoms with Crippen LogP contribution < -0.4 is 10.2 Å². The summed E-state index contributed by atoms with van der Waals surface area (Å²) in [6.45, 7) is 2.10. The van der Waals surface area contributed by atoms with Crippen molar-refractivity contribution in [2.24, 2.45) is 0 Å². The number of pyridine rings is 1. The number of benzene rings is 1. The number of ether oxygens (including phenoxy) is 1. The SMILES string of the molecule is O=C(Nc1ccc(N2CCOCC2)c(F)c1)c1cccnc1SC(F)(F)F. The number of hydrogen-bond donors (Lipinski definition) is 1. The Kier molecular flexibility index (Phi) is 5.85. The third-order valence-electron chi connectivity index (χ3n) is 3.79. The smallest absolute Gasteiger partial charge is 0.378 e. The van der Waals surface area contributed by atoms with Crippen LogP contribution in [-0.2, 0) is 4.74 Å². The number of aromatic nitrogens is 1. The highest BCUT2D eigenvalue weighted by Gasteiger charge is 2.32. The highest BCUT2D eigenvalue weighted by atomic mass is 32.2. The second-order valence-corrected chi connectivity index (χ2v) is 6.68. The van der Waals surface area contributed by atoms with Crippen molar-refractivity contribution >= 4 is 29.0 Å². The molecule has 0 saturated carbocycles. The van der Waals surface area contributed by atoms with E-state index in [1.807, 2.05) is 4.90 Å². The number of carbonyl (C=O) groups excluding carboxylic acids is 1. The van der Waals surface area contributed by atoms with Crippen molar-refractivity contribution in [2.45, 2.75) is 10.5 Å². The molecule has 0 radical (unpaired) electrons. The molecule has 0 unspecified atom stereocenters. The quantitative estimate of drug-likeness (QED) is 0.622. The fourth-order valence-electron chi connectivity index (χ4n) is 2.60. The molecular weight excluding hydrogens is 386 g/mol. The monoisotopic (exact) mass is 401 g/mol. The number of nitrogens with zero attached hydrogens (tertiary/aromatic N) is 2. The molecule has 0 bridgehead atoms. The maximum atomic E-state index is 14.4. The van der Waals surface area contributed by atoms with E-state index in [0.717, 1.165) is 6.07 Å². The van der Waals surface area contributed by atoms with Crippen LogP contribution in [0.4, 0.5) is 28.9 Å². The van der Waals surface area contributed by atoms with Crippen LogP contribution in [0.1, 0.15) is 10.4 Å². The molecule has 1 fully saturated rings. The molecule has 27 heavy (non-hydrogen) atoms. The number of carbonyl (C=O) groups is 1. The Morgan fingerprint density at radius 3 is 2.63 bits per heavy atom. The topological polar surface area (TPSA) is 54.5 Å². The number of thioether (sulfide) groups is 1. The molecule has 10 heteroatoms. The zero-order chi connectivity index (χ0) is 19.4. The van der Waals surface area contributed by atoms with Gasteiger partial charge in [-0.2, -0.15) is 13.2 Å². The number of anilines is 2. The van der Waals surface area contributed by atoms with Crippen LogP contribution in [0.5, 0.6) is 0 Å². The summed E-state index contributed by atoms with van der Waals surface area (Å²) in [5.74, 6) is -1.33. The lowest BCUT2D eigenvalue weighted by molar-refractivity contribution is -0.0329. The van der Waals surface area contributed by atoms with Crippen molar-refractivity contribution in [1.29, 1.82) is 0 Å². The van der Waals surface area contributed by atoms with Gasteiger partial charge in [-0.15, -0.1) is 0 Å². The summed E-state index contributed by atoms with van der Waals surface area (Å²) in [7, 11) is 0. The molecule has 1 N–H and O–H groups in total. The third kappa shape index (κ3) is 5.10. The molecule has 1 saturated heterocycles. The number of morpholine rings is 1. The molecule has 1 aliphatic rings. The molecule has 1 aromatic carbocycles. The fraction of sp³-hybridized carbons (Fsp3) is 0.294. The Morgan fingerprint density at radius 2 is 1.96 bits per heavy atom. The van der Waals surface area contributed by atoms with E-state index < -0.39 is 34.0 Å². The third-order valence-corrected chi connectivity index (χ3v) is 4.54. The highest BCUT2D eigenvalue weighted by Crippen LogP contribution is 2.37. The predicted molar refractivity (Wildman–Crippen MR) is 93.5 cm³/mol. The van der Waals surface area contributed by atoms with Crippen molar-refractivity contribution < 1.29 is 27.1 Å². The van der Waals surface area contributed by atoms with E-state index >= 15 is 0 Å². The number of halogens is 4. The summed E-state index contributed by atoms with van der Waals surface area (Å²) >= 11 is -0.474. The lowest BCUT2D eigenvalue weighted by Crippen LogP contribution is -2.36. The molecule has 2 heterocycles. The second kappa shape index (κ2) is 8.13. The van der Waals surface area contributed by atoms with Gasteiger partial charge in [0.1, 0.15) is 10.8 Å². The first-order valence-electron chi connectivity index (χ1n) is 7.98. The van der Waals surface area contributed by atoms with Gasteiger partial charge in [0.2, 0.25) is 0 Å². The van der Waals surface area contributed by atoms with Crippen molar-refractivity contribution in [3.63, 3.8) is 0 Å². The number of amides is 1. The zero-order valence-electron chi connectivity index (χ0n) is 13.9. The number of hydrogen-bond acceptors (Lipinski definition) is 5. The molecule has 1 aliphatic heterocycles.